The largest absolute Gasteiger partial charge is 0.398 e. The Balaban J connectivity index is 1.53. The molecule has 25 heavy (non-hydrogen) atoms. The molecule has 0 saturated carbocycles. The van der Waals surface area contributed by atoms with Crippen LogP contribution in [0.15, 0.2) is 0 Å². The Kier molecular flexibility index (Phi) is 2.68. The van der Waals surface area contributed by atoms with E-state index in [2.05, 4.69) is 0 Å². The van der Waals surface area contributed by atoms with Gasteiger partial charge >= 0.3 is 0 Å². The number of aryl methyl sites for hydroxylation is 2. The molecule has 4 aliphatic rings. The number of nitrogens with two attached hydrogens (primary N) is 2. The second kappa shape index (κ2) is 4.75. The summed E-state index contributed by atoms with van der Waals surface area (Å²) >= 11 is 0. The second-order valence-electron chi connectivity index (χ2n) is 8.37. The number of hydrogen-bond acceptors (Lipinski definition) is 4. The molecule has 2 aromatic rings. The predicted molar refractivity (Wildman–Crippen MR) is 98.9 cm³/mol. The van der Waals surface area contributed by atoms with E-state index in [-0.39, 0.29) is 0 Å². The molecule has 2 aromatic heterocycles. The average Bonchev–Trinajstić information content (AvgIpc) is 3.23. The molecule has 2 bridgehead atoms. The summed E-state index contributed by atoms with van der Waals surface area (Å²) < 4.78 is 0. The molecule has 0 saturated heterocycles. The van der Waals surface area contributed by atoms with E-state index in [4.69, 9.17) is 21.4 Å². The monoisotopic (exact) mass is 332 g/mol. The topological polar surface area (TPSA) is 77.8 Å². The lowest BCUT2D eigenvalue weighted by Gasteiger charge is -2.39. The van der Waals surface area contributed by atoms with Crippen molar-refractivity contribution in [1.29, 1.82) is 0 Å². The Labute approximate surface area is 148 Å². The first kappa shape index (κ1) is 14.1. The van der Waals surface area contributed by atoms with Crippen LogP contribution in [0, 0.1) is 0 Å². The summed E-state index contributed by atoms with van der Waals surface area (Å²) in [6.45, 7) is 0. The van der Waals surface area contributed by atoms with E-state index in [1.807, 2.05) is 0 Å². The number of nitrogens with zero attached hydrogens (tertiary/aromatic N) is 2. The first-order valence-corrected chi connectivity index (χ1v) is 9.80. The molecule has 0 amide bonds. The third kappa shape index (κ3) is 1.77. The van der Waals surface area contributed by atoms with Crippen molar-refractivity contribution in [3.63, 3.8) is 0 Å². The van der Waals surface area contributed by atoms with Crippen molar-refractivity contribution in [2.75, 3.05) is 11.5 Å². The third-order valence-electron chi connectivity index (χ3n) is 7.03. The van der Waals surface area contributed by atoms with Crippen molar-refractivity contribution in [3.8, 4) is 0 Å². The van der Waals surface area contributed by atoms with E-state index in [0.29, 0.717) is 11.8 Å². The minimum absolute atomic E-state index is 0.478. The van der Waals surface area contributed by atoms with Crippen LogP contribution in [-0.2, 0) is 38.5 Å². The van der Waals surface area contributed by atoms with Crippen LogP contribution in [-0.4, -0.2) is 9.97 Å². The van der Waals surface area contributed by atoms with Gasteiger partial charge in [0, 0.05) is 45.3 Å². The molecule has 0 spiro atoms. The van der Waals surface area contributed by atoms with Crippen LogP contribution >= 0.6 is 0 Å². The molecule has 4 N–H and O–H groups in total. The number of aromatic nitrogens is 2. The number of hydrogen-bond donors (Lipinski definition) is 2. The van der Waals surface area contributed by atoms with Crippen molar-refractivity contribution in [2.24, 2.45) is 0 Å². The maximum atomic E-state index is 6.65. The maximum absolute atomic E-state index is 6.65. The molecule has 6 rings (SSSR count). The van der Waals surface area contributed by atoms with Gasteiger partial charge in [-0.25, -0.2) is 0 Å². The Morgan fingerprint density at radius 2 is 1.12 bits per heavy atom. The highest BCUT2D eigenvalue weighted by atomic mass is 14.8. The van der Waals surface area contributed by atoms with Crippen LogP contribution < -0.4 is 11.5 Å². The highest BCUT2D eigenvalue weighted by molar-refractivity contribution is 5.65. The molecule has 4 nitrogen and oxygen atoms in total. The molecule has 0 fully saturated rings. The van der Waals surface area contributed by atoms with Crippen molar-refractivity contribution < 1.29 is 0 Å². The molecule has 4 aliphatic carbocycles. The Morgan fingerprint density at radius 3 is 1.60 bits per heavy atom. The van der Waals surface area contributed by atoms with Crippen molar-refractivity contribution in [3.05, 3.63) is 45.0 Å². The van der Waals surface area contributed by atoms with E-state index in [1.54, 1.807) is 0 Å². The van der Waals surface area contributed by atoms with Crippen molar-refractivity contribution in [1.82, 2.24) is 9.97 Å². The van der Waals surface area contributed by atoms with Crippen LogP contribution in [0.3, 0.4) is 0 Å². The normalized spacial score (nSPS) is 25.3. The van der Waals surface area contributed by atoms with E-state index in [0.717, 1.165) is 56.3 Å². The maximum Gasteiger partial charge on any atom is 0.0468 e. The third-order valence-corrected chi connectivity index (χ3v) is 7.03. The predicted octanol–water partition coefficient (Wildman–Crippen LogP) is 2.99. The molecule has 0 radical (unpaired) electrons. The summed E-state index contributed by atoms with van der Waals surface area (Å²) in [4.78, 5) is 10.1. The zero-order chi connectivity index (χ0) is 16.7. The quantitative estimate of drug-likeness (QED) is 0.777. The molecular weight excluding hydrogens is 308 g/mol. The second-order valence-corrected chi connectivity index (χ2v) is 8.37. The Morgan fingerprint density at radius 1 is 0.640 bits per heavy atom. The van der Waals surface area contributed by atoms with Gasteiger partial charge in [-0.2, -0.15) is 0 Å². The van der Waals surface area contributed by atoms with Crippen LogP contribution in [0.4, 0.5) is 11.4 Å². The first-order chi connectivity index (χ1) is 12.2. The van der Waals surface area contributed by atoms with Crippen LogP contribution in [0.2, 0.25) is 0 Å². The number of fused-ring (bicyclic) bond motifs is 8. The van der Waals surface area contributed by atoms with Gasteiger partial charge in [0.1, 0.15) is 0 Å². The van der Waals surface area contributed by atoms with E-state index in [9.17, 15) is 0 Å². The summed E-state index contributed by atoms with van der Waals surface area (Å²) in [6.07, 6.45) is 9.93. The van der Waals surface area contributed by atoms with Gasteiger partial charge in [0.15, 0.2) is 0 Å². The van der Waals surface area contributed by atoms with E-state index >= 15 is 0 Å². The first-order valence-electron chi connectivity index (χ1n) is 9.80. The van der Waals surface area contributed by atoms with E-state index < -0.39 is 0 Å². The minimum Gasteiger partial charge on any atom is -0.398 e. The van der Waals surface area contributed by atoms with Gasteiger partial charge < -0.3 is 11.5 Å². The Bertz CT molecular complexity index is 855. The molecule has 128 valence electrons. The van der Waals surface area contributed by atoms with Crippen LogP contribution in [0.1, 0.15) is 76.1 Å². The number of rotatable bonds is 0. The van der Waals surface area contributed by atoms with Gasteiger partial charge in [-0.3, -0.25) is 9.97 Å². The van der Waals surface area contributed by atoms with Gasteiger partial charge in [-0.15, -0.1) is 0 Å². The zero-order valence-electron chi connectivity index (χ0n) is 14.6. The van der Waals surface area contributed by atoms with Gasteiger partial charge in [-0.1, -0.05) is 0 Å². The SMILES string of the molecule is Nc1c2c(nc3c1[C@H]1Cc4nc5c(c(N)c4[C@@H](C3)C1)CCC5)CCC2. The molecular formula is C21H24N4. The smallest absolute Gasteiger partial charge is 0.0468 e. The van der Waals surface area contributed by atoms with E-state index in [1.165, 1.54) is 57.9 Å². The summed E-state index contributed by atoms with van der Waals surface area (Å²) in [5.74, 6) is 0.956. The van der Waals surface area contributed by atoms with Crippen LogP contribution in [0.5, 0.6) is 0 Å². The Hall–Kier alpha value is -2.10. The summed E-state index contributed by atoms with van der Waals surface area (Å²) in [7, 11) is 0. The summed E-state index contributed by atoms with van der Waals surface area (Å²) in [6, 6.07) is 0. The summed E-state index contributed by atoms with van der Waals surface area (Å²) in [5, 5.41) is 0. The molecule has 0 aromatic carbocycles. The van der Waals surface area contributed by atoms with Gasteiger partial charge in [-0.05, 0) is 80.8 Å². The fourth-order valence-electron chi connectivity index (χ4n) is 6.00. The molecule has 2 heterocycles. The van der Waals surface area contributed by atoms with Crippen molar-refractivity contribution >= 4 is 11.4 Å². The summed E-state index contributed by atoms with van der Waals surface area (Å²) in [5.41, 5.74) is 25.8. The molecule has 4 heteroatoms. The standard InChI is InChI=1S/C21H24N4/c22-20-12-3-1-5-14(12)24-16-8-11-7-10(18(16)20)9-17-19(11)21(23)13-4-2-6-15(13)25-17/h10-11H,1-9H2,(H2,22,24)(H2,23,25)/t10-,11-/m1/s1. The number of anilines is 2. The average molecular weight is 332 g/mol. The lowest BCUT2D eigenvalue weighted by molar-refractivity contribution is 0.445. The van der Waals surface area contributed by atoms with Crippen LogP contribution in [0.25, 0.3) is 0 Å². The zero-order valence-corrected chi connectivity index (χ0v) is 14.6. The fraction of sp³-hybridized carbons (Fsp3) is 0.524. The fourth-order valence-corrected chi connectivity index (χ4v) is 6.00. The van der Waals surface area contributed by atoms with Gasteiger partial charge in [0.25, 0.3) is 0 Å². The molecule has 0 unspecified atom stereocenters. The number of nitrogen functional groups attached to an aromatic ring is 2. The minimum atomic E-state index is 0.478. The lowest BCUT2D eigenvalue weighted by Crippen LogP contribution is -2.29. The molecule has 0 aliphatic heterocycles. The van der Waals surface area contributed by atoms with Gasteiger partial charge in [0.05, 0.1) is 0 Å². The highest BCUT2D eigenvalue weighted by Gasteiger charge is 2.40. The van der Waals surface area contributed by atoms with Gasteiger partial charge in [0.2, 0.25) is 0 Å². The number of pyridine rings is 2. The lowest BCUT2D eigenvalue weighted by atomic mass is 9.68. The van der Waals surface area contributed by atoms with Crippen molar-refractivity contribution in [2.45, 2.75) is 69.6 Å². The highest BCUT2D eigenvalue weighted by Crippen LogP contribution is 2.51. The molecule has 2 atom stereocenters.